The molecule has 32 heavy (non-hydrogen) atoms. The molecule has 2 aromatic carbocycles. The molecule has 0 saturated carbocycles. The average Bonchev–Trinajstić information content (AvgIpc) is 3.22. The van der Waals surface area contributed by atoms with Crippen LogP contribution >= 0.6 is 0 Å². The molecule has 0 spiro atoms. The molecule has 1 aromatic heterocycles. The maximum Gasteiger partial charge on any atom is 0.263 e. The zero-order valence-corrected chi connectivity index (χ0v) is 19.2. The molecule has 0 bridgehead atoms. The van der Waals surface area contributed by atoms with Crippen molar-refractivity contribution in [3.63, 3.8) is 0 Å². The zero-order chi connectivity index (χ0) is 23.3. The highest BCUT2D eigenvalue weighted by molar-refractivity contribution is 7.92. The Morgan fingerprint density at radius 3 is 2.28 bits per heavy atom. The topological polar surface area (TPSA) is 103 Å². The first-order chi connectivity index (χ1) is 15.4. The Morgan fingerprint density at radius 2 is 1.69 bits per heavy atom. The number of anilines is 1. The van der Waals surface area contributed by atoms with E-state index >= 15 is 0 Å². The number of hydrogen-bond donors (Lipinski definition) is 1. The molecular formula is C22H26N4O5S. The Hall–Kier alpha value is -3.53. The lowest BCUT2D eigenvalue weighted by Gasteiger charge is -2.19. The third kappa shape index (κ3) is 4.54. The van der Waals surface area contributed by atoms with Crippen LogP contribution in [0.5, 0.6) is 11.5 Å². The van der Waals surface area contributed by atoms with Crippen molar-refractivity contribution in [2.45, 2.75) is 18.7 Å². The van der Waals surface area contributed by atoms with Crippen LogP contribution in [0.3, 0.4) is 0 Å². The van der Waals surface area contributed by atoms with Gasteiger partial charge in [0.15, 0.2) is 17.3 Å². The number of rotatable bonds is 9. The summed E-state index contributed by atoms with van der Waals surface area (Å²) in [6.07, 6.45) is 1.38. The van der Waals surface area contributed by atoms with E-state index in [2.05, 4.69) is 9.82 Å². The summed E-state index contributed by atoms with van der Waals surface area (Å²) in [6.45, 7) is 4.68. The first-order valence-electron chi connectivity index (χ1n) is 10.0. The molecule has 0 aliphatic rings. The van der Waals surface area contributed by atoms with Gasteiger partial charge in [0.1, 0.15) is 5.56 Å². The number of carbonyl (C=O) groups is 1. The van der Waals surface area contributed by atoms with E-state index in [1.54, 1.807) is 29.2 Å². The Labute approximate surface area is 187 Å². The van der Waals surface area contributed by atoms with Crippen molar-refractivity contribution >= 4 is 21.7 Å². The van der Waals surface area contributed by atoms with Crippen molar-refractivity contribution in [3.05, 3.63) is 60.3 Å². The van der Waals surface area contributed by atoms with Crippen LogP contribution in [0.1, 0.15) is 24.2 Å². The normalized spacial score (nSPS) is 11.1. The number of sulfonamides is 1. The van der Waals surface area contributed by atoms with Gasteiger partial charge < -0.3 is 14.4 Å². The largest absolute Gasteiger partial charge is 0.493 e. The van der Waals surface area contributed by atoms with Gasteiger partial charge in [-0.3, -0.25) is 9.52 Å². The number of amides is 1. The second-order valence-electron chi connectivity index (χ2n) is 6.75. The van der Waals surface area contributed by atoms with Crippen LogP contribution in [0.2, 0.25) is 0 Å². The standard InChI is InChI=1S/C22H26N4O5S/c1-5-25(6-2)22(27)18-15-23-26(16-10-8-7-9-11-16)21(18)24-32(28,29)17-12-13-19(30-3)20(14-17)31-4/h7-15,24H,5-6H2,1-4H3. The summed E-state index contributed by atoms with van der Waals surface area (Å²) >= 11 is 0. The first-order valence-corrected chi connectivity index (χ1v) is 11.5. The van der Waals surface area contributed by atoms with Crippen LogP contribution in [-0.4, -0.2) is 56.3 Å². The number of benzene rings is 2. The second kappa shape index (κ2) is 9.73. The summed E-state index contributed by atoms with van der Waals surface area (Å²) in [5, 5.41) is 4.29. The van der Waals surface area contributed by atoms with Gasteiger partial charge in [0.25, 0.3) is 15.9 Å². The maximum atomic E-state index is 13.3. The highest BCUT2D eigenvalue weighted by atomic mass is 32.2. The van der Waals surface area contributed by atoms with E-state index in [1.807, 2.05) is 19.9 Å². The molecule has 170 valence electrons. The van der Waals surface area contributed by atoms with Crippen molar-refractivity contribution in [3.8, 4) is 17.2 Å². The Kier molecular flexibility index (Phi) is 7.04. The summed E-state index contributed by atoms with van der Waals surface area (Å²) in [5.74, 6) is 0.412. The quantitative estimate of drug-likeness (QED) is 0.528. The van der Waals surface area contributed by atoms with Gasteiger partial charge in [0.2, 0.25) is 0 Å². The lowest BCUT2D eigenvalue weighted by atomic mass is 10.2. The van der Waals surface area contributed by atoms with E-state index in [0.29, 0.717) is 24.5 Å². The molecule has 0 unspecified atom stereocenters. The van der Waals surface area contributed by atoms with E-state index < -0.39 is 10.0 Å². The van der Waals surface area contributed by atoms with Gasteiger partial charge in [-0.2, -0.15) is 5.10 Å². The lowest BCUT2D eigenvalue weighted by Crippen LogP contribution is -2.31. The van der Waals surface area contributed by atoms with Crippen molar-refractivity contribution in [1.29, 1.82) is 0 Å². The number of hydrogen-bond acceptors (Lipinski definition) is 6. The van der Waals surface area contributed by atoms with Crippen molar-refractivity contribution in [2.24, 2.45) is 0 Å². The van der Waals surface area contributed by atoms with E-state index in [-0.39, 0.29) is 27.9 Å². The number of nitrogens with one attached hydrogen (secondary N) is 1. The van der Waals surface area contributed by atoms with Gasteiger partial charge in [-0.05, 0) is 38.1 Å². The van der Waals surface area contributed by atoms with Crippen LogP contribution in [0.4, 0.5) is 5.82 Å². The number of para-hydroxylation sites is 1. The molecule has 0 fully saturated rings. The Morgan fingerprint density at radius 1 is 1.03 bits per heavy atom. The fraction of sp³-hybridized carbons (Fsp3) is 0.273. The smallest absolute Gasteiger partial charge is 0.263 e. The van der Waals surface area contributed by atoms with Crippen molar-refractivity contribution < 1.29 is 22.7 Å². The maximum absolute atomic E-state index is 13.3. The van der Waals surface area contributed by atoms with Gasteiger partial charge in [0, 0.05) is 19.2 Å². The molecule has 0 saturated heterocycles. The van der Waals surface area contributed by atoms with Gasteiger partial charge in [0.05, 0.1) is 31.0 Å². The van der Waals surface area contributed by atoms with Crippen LogP contribution in [0, 0.1) is 0 Å². The van der Waals surface area contributed by atoms with Crippen LogP contribution in [0.15, 0.2) is 59.6 Å². The Bertz CT molecular complexity index is 1190. The van der Waals surface area contributed by atoms with Crippen LogP contribution in [-0.2, 0) is 10.0 Å². The molecule has 0 atom stereocenters. The summed E-state index contributed by atoms with van der Waals surface area (Å²) in [6, 6.07) is 13.2. The minimum absolute atomic E-state index is 0.0443. The van der Waals surface area contributed by atoms with E-state index in [9.17, 15) is 13.2 Å². The molecule has 9 nitrogen and oxygen atoms in total. The van der Waals surface area contributed by atoms with Gasteiger partial charge in [-0.15, -0.1) is 0 Å². The molecule has 10 heteroatoms. The summed E-state index contributed by atoms with van der Waals surface area (Å²) in [4.78, 5) is 14.6. The molecule has 0 radical (unpaired) electrons. The van der Waals surface area contributed by atoms with E-state index in [0.717, 1.165) is 0 Å². The monoisotopic (exact) mass is 458 g/mol. The van der Waals surface area contributed by atoms with Gasteiger partial charge >= 0.3 is 0 Å². The third-order valence-corrected chi connectivity index (χ3v) is 6.28. The molecule has 1 amide bonds. The van der Waals surface area contributed by atoms with Crippen LogP contribution in [0.25, 0.3) is 5.69 Å². The Balaban J connectivity index is 2.11. The highest BCUT2D eigenvalue weighted by Crippen LogP contribution is 2.31. The predicted octanol–water partition coefficient (Wildman–Crippen LogP) is 3.17. The summed E-state index contributed by atoms with van der Waals surface area (Å²) in [7, 11) is -1.19. The molecule has 1 heterocycles. The van der Waals surface area contributed by atoms with Crippen molar-refractivity contribution in [1.82, 2.24) is 14.7 Å². The highest BCUT2D eigenvalue weighted by Gasteiger charge is 2.27. The molecule has 1 N–H and O–H groups in total. The molecule has 3 rings (SSSR count). The van der Waals surface area contributed by atoms with Gasteiger partial charge in [-0.25, -0.2) is 13.1 Å². The number of methoxy groups -OCH3 is 2. The third-order valence-electron chi connectivity index (χ3n) is 4.95. The molecule has 0 aliphatic carbocycles. The zero-order valence-electron chi connectivity index (χ0n) is 18.4. The van der Waals surface area contributed by atoms with Gasteiger partial charge in [-0.1, -0.05) is 18.2 Å². The fourth-order valence-corrected chi connectivity index (χ4v) is 4.30. The molecular weight excluding hydrogens is 432 g/mol. The second-order valence-corrected chi connectivity index (χ2v) is 8.44. The summed E-state index contributed by atoms with van der Waals surface area (Å²) < 4.78 is 40.9. The average molecular weight is 459 g/mol. The predicted molar refractivity (Wildman–Crippen MR) is 121 cm³/mol. The minimum Gasteiger partial charge on any atom is -0.493 e. The van der Waals surface area contributed by atoms with E-state index in [4.69, 9.17) is 9.47 Å². The molecule has 0 aliphatic heterocycles. The SMILES string of the molecule is CCN(CC)C(=O)c1cnn(-c2ccccc2)c1NS(=O)(=O)c1ccc(OC)c(OC)c1. The number of nitrogens with zero attached hydrogens (tertiary/aromatic N) is 3. The minimum atomic E-state index is -4.08. The number of carbonyl (C=O) groups excluding carboxylic acids is 1. The number of aromatic nitrogens is 2. The lowest BCUT2D eigenvalue weighted by molar-refractivity contribution is 0.0774. The van der Waals surface area contributed by atoms with Crippen LogP contribution < -0.4 is 14.2 Å². The number of ether oxygens (including phenoxy) is 2. The van der Waals surface area contributed by atoms with Crippen molar-refractivity contribution in [2.75, 3.05) is 32.0 Å². The fourth-order valence-electron chi connectivity index (χ4n) is 3.22. The summed E-state index contributed by atoms with van der Waals surface area (Å²) in [5.41, 5.74) is 0.762. The first kappa shape index (κ1) is 23.1. The van der Waals surface area contributed by atoms with E-state index in [1.165, 1.54) is 43.3 Å². The molecule has 3 aromatic rings.